The average molecular weight is 230 g/mol. The van der Waals surface area contributed by atoms with Gasteiger partial charge >= 0.3 is 0 Å². The summed E-state index contributed by atoms with van der Waals surface area (Å²) in [6.07, 6.45) is 1.58. The summed E-state index contributed by atoms with van der Waals surface area (Å²) >= 11 is 1.51. The van der Waals surface area contributed by atoms with Gasteiger partial charge in [-0.25, -0.2) is 9.19 Å². The second kappa shape index (κ2) is 4.31. The van der Waals surface area contributed by atoms with Crippen LogP contribution in [-0.2, 0) is 11.0 Å². The smallest absolute Gasteiger partial charge is 0.144 e. The van der Waals surface area contributed by atoms with Crippen molar-refractivity contribution in [2.45, 2.75) is 32.4 Å². The van der Waals surface area contributed by atoms with E-state index < -0.39 is 11.0 Å². The maximum absolute atomic E-state index is 11.5. The Morgan fingerprint density at radius 3 is 2.64 bits per heavy atom. The third kappa shape index (κ3) is 3.31. The van der Waals surface area contributed by atoms with E-state index in [1.165, 1.54) is 11.3 Å². The number of thiazole rings is 1. The van der Waals surface area contributed by atoms with Crippen molar-refractivity contribution in [3.05, 3.63) is 16.1 Å². The van der Waals surface area contributed by atoms with Crippen LogP contribution in [0.5, 0.6) is 0 Å². The first-order chi connectivity index (χ1) is 6.39. The van der Waals surface area contributed by atoms with Gasteiger partial charge in [-0.3, -0.25) is 0 Å². The van der Waals surface area contributed by atoms with Crippen molar-refractivity contribution in [3.63, 3.8) is 0 Å². The molecule has 1 rings (SSSR count). The summed E-state index contributed by atoms with van der Waals surface area (Å²) < 4.78 is 15.2. The lowest BCUT2D eigenvalue weighted by Crippen LogP contribution is -2.19. The van der Waals surface area contributed by atoms with Crippen LogP contribution >= 0.6 is 11.3 Å². The summed E-state index contributed by atoms with van der Waals surface area (Å²) in [4.78, 5) is 4.20. The molecular formula is C9H14N2OS2. The third-order valence-electron chi connectivity index (χ3n) is 1.42. The van der Waals surface area contributed by atoms with Crippen molar-refractivity contribution in [2.75, 3.05) is 0 Å². The number of aryl methyl sites for hydroxylation is 1. The molecule has 1 aromatic heterocycles. The van der Waals surface area contributed by atoms with E-state index in [0.717, 1.165) is 10.7 Å². The van der Waals surface area contributed by atoms with Crippen molar-refractivity contribution in [3.8, 4) is 0 Å². The zero-order valence-corrected chi connectivity index (χ0v) is 10.4. The Labute approximate surface area is 90.9 Å². The molecule has 78 valence electrons. The zero-order valence-electron chi connectivity index (χ0n) is 8.77. The van der Waals surface area contributed by atoms with E-state index in [9.17, 15) is 4.21 Å². The minimum atomic E-state index is -1.19. The molecule has 0 aliphatic heterocycles. The van der Waals surface area contributed by atoms with Crippen LogP contribution in [0.4, 0.5) is 0 Å². The standard InChI is InChI=1S/C9H14N2OS2/c1-7-6-13-8(11-7)5-10-14(12)9(2,3)4/h5-6H,1-4H3/t14-/m1/s1. The van der Waals surface area contributed by atoms with Crippen molar-refractivity contribution in [1.29, 1.82) is 0 Å². The Bertz CT molecular complexity index is 363. The van der Waals surface area contributed by atoms with Crippen LogP contribution in [-0.4, -0.2) is 20.2 Å². The Kier molecular flexibility index (Phi) is 3.55. The van der Waals surface area contributed by atoms with E-state index in [2.05, 4.69) is 9.38 Å². The highest BCUT2D eigenvalue weighted by atomic mass is 32.2. The van der Waals surface area contributed by atoms with E-state index in [1.807, 2.05) is 33.1 Å². The van der Waals surface area contributed by atoms with Gasteiger partial charge in [-0.05, 0) is 27.7 Å². The highest BCUT2D eigenvalue weighted by molar-refractivity contribution is 7.85. The Morgan fingerprint density at radius 1 is 1.57 bits per heavy atom. The maximum Gasteiger partial charge on any atom is 0.144 e. The first-order valence-electron chi connectivity index (χ1n) is 4.28. The molecule has 1 aromatic rings. The molecule has 0 spiro atoms. The summed E-state index contributed by atoms with van der Waals surface area (Å²) in [5.74, 6) is 0. The molecule has 5 heteroatoms. The molecule has 14 heavy (non-hydrogen) atoms. The zero-order chi connectivity index (χ0) is 10.8. The molecule has 0 fully saturated rings. The number of nitrogens with zero attached hydrogens (tertiary/aromatic N) is 2. The largest absolute Gasteiger partial charge is 0.240 e. The van der Waals surface area contributed by atoms with Gasteiger partial charge in [0.05, 0.1) is 11.0 Å². The predicted molar refractivity (Wildman–Crippen MR) is 62.3 cm³/mol. The SMILES string of the molecule is Cc1csc(C=N[S@](=O)C(C)(C)C)n1. The third-order valence-corrected chi connectivity index (χ3v) is 3.66. The second-order valence-electron chi connectivity index (χ2n) is 3.92. The van der Waals surface area contributed by atoms with E-state index in [1.54, 1.807) is 6.21 Å². The number of hydrogen-bond donors (Lipinski definition) is 0. The molecule has 0 saturated heterocycles. The van der Waals surface area contributed by atoms with Gasteiger partial charge < -0.3 is 0 Å². The molecule has 1 heterocycles. The predicted octanol–water partition coefficient (Wildman–Crippen LogP) is 2.33. The molecule has 0 radical (unpaired) electrons. The number of rotatable bonds is 2. The van der Waals surface area contributed by atoms with Crippen LogP contribution in [0.2, 0.25) is 0 Å². The van der Waals surface area contributed by atoms with Crippen LogP contribution in [0.25, 0.3) is 0 Å². The Morgan fingerprint density at radius 2 is 2.21 bits per heavy atom. The Balaban J connectivity index is 2.70. The van der Waals surface area contributed by atoms with Crippen molar-refractivity contribution < 1.29 is 4.21 Å². The lowest BCUT2D eigenvalue weighted by atomic mass is 10.3. The molecule has 0 bridgehead atoms. The molecule has 0 unspecified atom stereocenters. The number of aromatic nitrogens is 1. The molecular weight excluding hydrogens is 216 g/mol. The van der Waals surface area contributed by atoms with Crippen LogP contribution in [0.15, 0.2) is 9.78 Å². The number of hydrogen-bond acceptors (Lipinski definition) is 3. The topological polar surface area (TPSA) is 42.3 Å². The van der Waals surface area contributed by atoms with Gasteiger partial charge in [-0.1, -0.05) is 0 Å². The average Bonchev–Trinajstić information content (AvgIpc) is 2.45. The molecule has 0 saturated carbocycles. The summed E-state index contributed by atoms with van der Waals surface area (Å²) in [7, 11) is -1.19. The fourth-order valence-corrected chi connectivity index (χ4v) is 1.92. The van der Waals surface area contributed by atoms with Gasteiger partial charge in [0, 0.05) is 11.1 Å². The lowest BCUT2D eigenvalue weighted by molar-refractivity contribution is 0.651. The molecule has 0 aliphatic carbocycles. The maximum atomic E-state index is 11.5. The monoisotopic (exact) mass is 230 g/mol. The van der Waals surface area contributed by atoms with Crippen molar-refractivity contribution in [2.24, 2.45) is 4.40 Å². The van der Waals surface area contributed by atoms with Gasteiger partial charge in [0.25, 0.3) is 0 Å². The molecule has 0 aliphatic rings. The van der Waals surface area contributed by atoms with Crippen LogP contribution in [0.3, 0.4) is 0 Å². The molecule has 3 nitrogen and oxygen atoms in total. The van der Waals surface area contributed by atoms with Crippen LogP contribution in [0.1, 0.15) is 31.5 Å². The summed E-state index contributed by atoms with van der Waals surface area (Å²) in [5, 5.41) is 2.75. The molecule has 0 amide bonds. The molecule has 0 N–H and O–H groups in total. The first-order valence-corrected chi connectivity index (χ1v) is 6.26. The van der Waals surface area contributed by atoms with Crippen molar-refractivity contribution >= 4 is 28.5 Å². The van der Waals surface area contributed by atoms with Gasteiger partial charge in [-0.15, -0.1) is 11.3 Å². The lowest BCUT2D eigenvalue weighted by Gasteiger charge is -2.12. The Hall–Kier alpha value is -0.550. The first kappa shape index (κ1) is 11.5. The normalized spacial score (nSPS) is 14.9. The van der Waals surface area contributed by atoms with Gasteiger partial charge in [-0.2, -0.15) is 4.40 Å². The molecule has 1 atom stereocenters. The van der Waals surface area contributed by atoms with Gasteiger partial charge in [0.1, 0.15) is 16.0 Å². The second-order valence-corrected chi connectivity index (χ2v) is 6.75. The summed E-state index contributed by atoms with van der Waals surface area (Å²) in [6, 6.07) is 0. The van der Waals surface area contributed by atoms with E-state index in [-0.39, 0.29) is 4.75 Å². The minimum absolute atomic E-state index is 0.303. The quantitative estimate of drug-likeness (QED) is 0.732. The van der Waals surface area contributed by atoms with E-state index >= 15 is 0 Å². The van der Waals surface area contributed by atoms with Crippen LogP contribution < -0.4 is 0 Å². The van der Waals surface area contributed by atoms with Gasteiger partial charge in [0.2, 0.25) is 0 Å². The summed E-state index contributed by atoms with van der Waals surface area (Å²) in [5.41, 5.74) is 0.970. The molecule has 0 aromatic carbocycles. The van der Waals surface area contributed by atoms with E-state index in [0.29, 0.717) is 0 Å². The summed E-state index contributed by atoms with van der Waals surface area (Å²) in [6.45, 7) is 7.61. The van der Waals surface area contributed by atoms with Crippen LogP contribution in [0, 0.1) is 6.92 Å². The van der Waals surface area contributed by atoms with Gasteiger partial charge in [0.15, 0.2) is 0 Å². The fourth-order valence-electron chi connectivity index (χ4n) is 0.683. The highest BCUT2D eigenvalue weighted by Crippen LogP contribution is 2.13. The van der Waals surface area contributed by atoms with E-state index in [4.69, 9.17) is 0 Å². The minimum Gasteiger partial charge on any atom is -0.240 e. The van der Waals surface area contributed by atoms with Crippen molar-refractivity contribution in [1.82, 2.24) is 4.98 Å². The fraction of sp³-hybridized carbons (Fsp3) is 0.556. The highest BCUT2D eigenvalue weighted by Gasteiger charge is 2.18.